The number of carbonyl (C=O) groups is 2. The maximum atomic E-state index is 9.35. The summed E-state index contributed by atoms with van der Waals surface area (Å²) in [6.45, 7) is 4.46. The average Bonchev–Trinajstić information content (AvgIpc) is 2.27. The zero-order valence-corrected chi connectivity index (χ0v) is 9.95. The fraction of sp³-hybridized carbons (Fsp3) is 0.750. The summed E-state index contributed by atoms with van der Waals surface area (Å²) in [6.07, 6.45) is 5.54. The maximum Gasteiger partial charge on any atom is 0.326 e. The van der Waals surface area contributed by atoms with Crippen LogP contribution in [0.2, 0.25) is 0 Å². The predicted octanol–water partition coefficient (Wildman–Crippen LogP) is -0.357. The predicted molar refractivity (Wildman–Crippen MR) is 63.6 cm³/mol. The van der Waals surface area contributed by atoms with Crippen molar-refractivity contribution in [3.63, 3.8) is 0 Å². The van der Waals surface area contributed by atoms with Crippen molar-refractivity contribution < 1.29 is 9.59 Å². The molecule has 0 aromatic heterocycles. The molecule has 10 N–H and O–H groups in total. The van der Waals surface area contributed by atoms with Gasteiger partial charge in [-0.1, -0.05) is 39.5 Å². The van der Waals surface area contributed by atoms with Gasteiger partial charge in [-0.3, -0.25) is 10.9 Å². The van der Waals surface area contributed by atoms with Gasteiger partial charge in [0.25, 0.3) is 0 Å². The molecule has 0 aromatic rings. The lowest BCUT2D eigenvalue weighted by Gasteiger charge is -1.86. The molecule has 0 aromatic carbocycles. The van der Waals surface area contributed by atoms with Gasteiger partial charge in [-0.15, -0.1) is 0 Å². The standard InChI is InChI=1S/C6H14.2CH5N3O/c1-3-5-6-4-2;2*2-1(5)4-3/h3-6H2,1-2H3;2*3H2,(H3,2,4,5). The number of nitrogens with two attached hydrogens (primary N) is 4. The molecule has 0 radical (unpaired) electrons. The third-order valence-corrected chi connectivity index (χ3v) is 1.24. The Morgan fingerprint density at radius 3 is 1.12 bits per heavy atom. The van der Waals surface area contributed by atoms with E-state index in [0.29, 0.717) is 0 Å². The molecule has 0 atom stereocenters. The monoisotopic (exact) mass is 236 g/mol. The van der Waals surface area contributed by atoms with Crippen molar-refractivity contribution in [3.8, 4) is 0 Å². The van der Waals surface area contributed by atoms with E-state index in [0.717, 1.165) is 0 Å². The topological polar surface area (TPSA) is 162 Å². The number of hydrogen-bond donors (Lipinski definition) is 6. The normalized spacial score (nSPS) is 7.50. The molecular formula is C8H24N6O2. The van der Waals surface area contributed by atoms with Gasteiger partial charge in [0.05, 0.1) is 0 Å². The lowest BCUT2D eigenvalue weighted by atomic mass is 10.2. The van der Waals surface area contributed by atoms with Crippen LogP contribution in [0, 0.1) is 0 Å². The zero-order chi connectivity index (χ0) is 13.4. The van der Waals surface area contributed by atoms with E-state index in [2.05, 4.69) is 37.0 Å². The van der Waals surface area contributed by atoms with E-state index in [1.807, 2.05) is 0 Å². The summed E-state index contributed by atoms with van der Waals surface area (Å²) in [7, 11) is 0. The van der Waals surface area contributed by atoms with Gasteiger partial charge in [0, 0.05) is 0 Å². The molecule has 0 bridgehead atoms. The quantitative estimate of drug-likeness (QED) is 0.171. The molecule has 0 saturated heterocycles. The van der Waals surface area contributed by atoms with Crippen molar-refractivity contribution in [3.05, 3.63) is 0 Å². The molecule has 0 unspecified atom stereocenters. The number of carbonyl (C=O) groups excluding carboxylic acids is 2. The zero-order valence-electron chi connectivity index (χ0n) is 9.95. The number of unbranched alkanes of at least 4 members (excludes halogenated alkanes) is 3. The molecule has 8 nitrogen and oxygen atoms in total. The maximum absolute atomic E-state index is 9.35. The van der Waals surface area contributed by atoms with Gasteiger partial charge in [-0.05, 0) is 0 Å². The molecule has 98 valence electrons. The van der Waals surface area contributed by atoms with Crippen LogP contribution in [0.4, 0.5) is 9.59 Å². The van der Waals surface area contributed by atoms with E-state index >= 15 is 0 Å². The summed E-state index contributed by atoms with van der Waals surface area (Å²) in [4.78, 5) is 18.7. The molecule has 0 aliphatic heterocycles. The van der Waals surface area contributed by atoms with Crippen molar-refractivity contribution in [1.29, 1.82) is 0 Å². The highest BCUT2D eigenvalue weighted by Gasteiger charge is 1.75. The van der Waals surface area contributed by atoms with Crippen molar-refractivity contribution in [2.45, 2.75) is 39.5 Å². The van der Waals surface area contributed by atoms with Crippen LogP contribution in [0.25, 0.3) is 0 Å². The third-order valence-electron chi connectivity index (χ3n) is 1.24. The summed E-state index contributed by atoms with van der Waals surface area (Å²) >= 11 is 0. The first-order valence-electron chi connectivity index (χ1n) is 4.98. The SMILES string of the molecule is CCCCCC.NNC(N)=O.NNC(N)=O. The summed E-state index contributed by atoms with van der Waals surface area (Å²) < 4.78 is 0. The molecule has 0 saturated carbocycles. The number of amides is 4. The van der Waals surface area contributed by atoms with E-state index < -0.39 is 12.1 Å². The van der Waals surface area contributed by atoms with Crippen molar-refractivity contribution in [2.24, 2.45) is 23.2 Å². The van der Waals surface area contributed by atoms with Crippen LogP contribution in [0.15, 0.2) is 0 Å². The number of hydrogen-bond acceptors (Lipinski definition) is 4. The van der Waals surface area contributed by atoms with Crippen molar-refractivity contribution in [2.75, 3.05) is 0 Å². The number of urea groups is 2. The Hall–Kier alpha value is -1.54. The molecule has 8 heteroatoms. The molecule has 0 rings (SSSR count). The van der Waals surface area contributed by atoms with E-state index in [1.54, 1.807) is 10.9 Å². The van der Waals surface area contributed by atoms with Crippen LogP contribution in [0.5, 0.6) is 0 Å². The second-order valence-electron chi connectivity index (χ2n) is 2.72. The Morgan fingerprint density at radius 2 is 1.06 bits per heavy atom. The first kappa shape index (κ1) is 19.9. The van der Waals surface area contributed by atoms with Crippen LogP contribution in [0.1, 0.15) is 39.5 Å². The van der Waals surface area contributed by atoms with Crippen LogP contribution < -0.4 is 34.0 Å². The Bertz CT molecular complexity index is 147. The number of hydrazine groups is 2. The third kappa shape index (κ3) is 54.9. The van der Waals surface area contributed by atoms with E-state index in [1.165, 1.54) is 25.7 Å². The molecule has 0 aliphatic rings. The molecule has 16 heavy (non-hydrogen) atoms. The molecular weight excluding hydrogens is 212 g/mol. The minimum atomic E-state index is -0.718. The minimum absolute atomic E-state index is 0.718. The molecule has 0 spiro atoms. The van der Waals surface area contributed by atoms with Gasteiger partial charge >= 0.3 is 12.1 Å². The van der Waals surface area contributed by atoms with Gasteiger partial charge in [-0.2, -0.15) is 0 Å². The summed E-state index contributed by atoms with van der Waals surface area (Å²) in [6, 6.07) is -1.44. The highest BCUT2D eigenvalue weighted by molar-refractivity contribution is 5.70. The highest BCUT2D eigenvalue weighted by Crippen LogP contribution is 1.95. The summed E-state index contributed by atoms with van der Waals surface area (Å²) in [5.41, 5.74) is 12.2. The summed E-state index contributed by atoms with van der Waals surface area (Å²) in [5, 5.41) is 0. The Balaban J connectivity index is -0.000000160. The number of nitrogens with one attached hydrogen (secondary N) is 2. The second kappa shape index (κ2) is 19.1. The molecule has 0 fully saturated rings. The van der Waals surface area contributed by atoms with Crippen molar-refractivity contribution in [1.82, 2.24) is 10.9 Å². The van der Waals surface area contributed by atoms with Crippen LogP contribution in [0.3, 0.4) is 0 Å². The van der Waals surface area contributed by atoms with Gasteiger partial charge < -0.3 is 11.5 Å². The minimum Gasteiger partial charge on any atom is -0.351 e. The molecule has 4 amide bonds. The summed E-state index contributed by atoms with van der Waals surface area (Å²) in [5.74, 6) is 8.89. The van der Waals surface area contributed by atoms with Gasteiger partial charge in [-0.25, -0.2) is 21.3 Å². The van der Waals surface area contributed by atoms with Gasteiger partial charge in [0.1, 0.15) is 0 Å². The van der Waals surface area contributed by atoms with Crippen LogP contribution in [-0.2, 0) is 0 Å². The van der Waals surface area contributed by atoms with Crippen LogP contribution in [-0.4, -0.2) is 12.1 Å². The first-order valence-corrected chi connectivity index (χ1v) is 4.98. The smallest absolute Gasteiger partial charge is 0.326 e. The fourth-order valence-electron chi connectivity index (χ4n) is 0.500. The first-order chi connectivity index (χ1) is 7.45. The molecule has 0 heterocycles. The van der Waals surface area contributed by atoms with Gasteiger partial charge in [0.15, 0.2) is 0 Å². The van der Waals surface area contributed by atoms with Gasteiger partial charge in [0.2, 0.25) is 0 Å². The number of primary amides is 2. The largest absolute Gasteiger partial charge is 0.351 e. The van der Waals surface area contributed by atoms with Crippen LogP contribution >= 0.6 is 0 Å². The average molecular weight is 236 g/mol. The fourth-order valence-corrected chi connectivity index (χ4v) is 0.500. The highest BCUT2D eigenvalue weighted by atomic mass is 16.2. The van der Waals surface area contributed by atoms with Crippen molar-refractivity contribution >= 4 is 12.1 Å². The number of rotatable bonds is 3. The Morgan fingerprint density at radius 1 is 0.875 bits per heavy atom. The van der Waals surface area contributed by atoms with E-state index in [-0.39, 0.29) is 0 Å². The Labute approximate surface area is 96.0 Å². The Kier molecular flexibility index (Phi) is 23.8. The molecule has 0 aliphatic carbocycles. The second-order valence-corrected chi connectivity index (χ2v) is 2.72. The van der Waals surface area contributed by atoms with E-state index in [4.69, 9.17) is 0 Å². The lowest BCUT2D eigenvalue weighted by Crippen LogP contribution is -2.34. The van der Waals surface area contributed by atoms with E-state index in [9.17, 15) is 9.59 Å². The lowest BCUT2D eigenvalue weighted by molar-refractivity contribution is 0.248.